The van der Waals surface area contributed by atoms with Gasteiger partial charge in [0.25, 0.3) is 0 Å². The monoisotopic (exact) mass is 192 g/mol. The molecule has 0 amide bonds. The van der Waals surface area contributed by atoms with Crippen LogP contribution < -0.4 is 0 Å². The lowest BCUT2D eigenvalue weighted by Crippen LogP contribution is -2.28. The first-order valence-corrected chi connectivity index (χ1v) is 5.52. The van der Waals surface area contributed by atoms with E-state index in [-0.39, 0.29) is 0 Å². The highest BCUT2D eigenvalue weighted by atomic mass is 15.1. The van der Waals surface area contributed by atoms with E-state index >= 15 is 0 Å². The Morgan fingerprint density at radius 1 is 1.29 bits per heavy atom. The molecule has 1 unspecified atom stereocenters. The average molecular weight is 192 g/mol. The molecule has 0 saturated heterocycles. The molecule has 0 aliphatic carbocycles. The van der Waals surface area contributed by atoms with Crippen LogP contribution in [0.15, 0.2) is 23.9 Å². The van der Waals surface area contributed by atoms with Crippen LogP contribution in [-0.2, 0) is 0 Å². The molecule has 78 valence electrons. The largest absolute Gasteiger partial charge is 0.381 e. The topological polar surface area (TPSA) is 6.48 Å². The third-order valence-electron chi connectivity index (χ3n) is 3.29. The fraction of sp³-hybridized carbons (Fsp3) is 0.667. The summed E-state index contributed by atoms with van der Waals surface area (Å²) >= 11 is 0. The van der Waals surface area contributed by atoms with Crippen LogP contribution in [0.1, 0.15) is 12.8 Å². The highest BCUT2D eigenvalue weighted by Crippen LogP contribution is 2.25. The molecule has 2 heteroatoms. The molecule has 1 atom stereocenters. The van der Waals surface area contributed by atoms with Gasteiger partial charge in [-0.25, -0.2) is 0 Å². The zero-order valence-electron chi connectivity index (χ0n) is 9.24. The zero-order valence-corrected chi connectivity index (χ0v) is 9.24. The van der Waals surface area contributed by atoms with Gasteiger partial charge in [0.15, 0.2) is 0 Å². The normalized spacial score (nSPS) is 29.1. The van der Waals surface area contributed by atoms with Gasteiger partial charge in [0.05, 0.1) is 0 Å². The van der Waals surface area contributed by atoms with Gasteiger partial charge in [-0.05, 0) is 26.1 Å². The molecule has 14 heavy (non-hydrogen) atoms. The Hall–Kier alpha value is -0.760. The van der Waals surface area contributed by atoms with E-state index in [1.54, 1.807) is 5.57 Å². The maximum atomic E-state index is 2.42. The fourth-order valence-corrected chi connectivity index (χ4v) is 2.20. The summed E-state index contributed by atoms with van der Waals surface area (Å²) in [6.45, 7) is 3.57. The molecular weight excluding hydrogens is 172 g/mol. The van der Waals surface area contributed by atoms with E-state index < -0.39 is 0 Å². The summed E-state index contributed by atoms with van der Waals surface area (Å²) in [5.74, 6) is 0.722. The first-order chi connectivity index (χ1) is 6.75. The Bertz CT molecular complexity index is 255. The van der Waals surface area contributed by atoms with E-state index in [2.05, 4.69) is 42.2 Å². The predicted octanol–water partition coefficient (Wildman–Crippen LogP) is 1.71. The molecule has 2 aliphatic rings. The van der Waals surface area contributed by atoms with Gasteiger partial charge in [0, 0.05) is 32.6 Å². The first-order valence-electron chi connectivity index (χ1n) is 5.52. The summed E-state index contributed by atoms with van der Waals surface area (Å²) in [6, 6.07) is 0. The van der Waals surface area contributed by atoms with Gasteiger partial charge in [-0.1, -0.05) is 17.7 Å². The summed E-state index contributed by atoms with van der Waals surface area (Å²) in [5.41, 5.74) is 1.66. The summed E-state index contributed by atoms with van der Waals surface area (Å²) < 4.78 is 0. The minimum Gasteiger partial charge on any atom is -0.381 e. The number of hydrogen-bond acceptors (Lipinski definition) is 2. The van der Waals surface area contributed by atoms with E-state index in [0.29, 0.717) is 0 Å². The van der Waals surface area contributed by atoms with Gasteiger partial charge < -0.3 is 9.80 Å². The number of likely N-dealkylation sites (N-methyl/N-ethyl adjacent to an activating group) is 1. The Kier molecular flexibility index (Phi) is 2.92. The van der Waals surface area contributed by atoms with E-state index in [1.807, 2.05) is 0 Å². The van der Waals surface area contributed by atoms with Gasteiger partial charge >= 0.3 is 0 Å². The molecule has 2 heterocycles. The van der Waals surface area contributed by atoms with Crippen LogP contribution in [0.5, 0.6) is 0 Å². The molecule has 0 radical (unpaired) electrons. The Balaban J connectivity index is 1.99. The quantitative estimate of drug-likeness (QED) is 0.584. The third-order valence-corrected chi connectivity index (χ3v) is 3.29. The summed E-state index contributed by atoms with van der Waals surface area (Å²) in [7, 11) is 4.34. The lowest BCUT2D eigenvalue weighted by Gasteiger charge is -2.30. The van der Waals surface area contributed by atoms with Crippen LogP contribution in [0.2, 0.25) is 0 Å². The average Bonchev–Trinajstić information content (AvgIpc) is 2.21. The lowest BCUT2D eigenvalue weighted by molar-refractivity contribution is 0.338. The van der Waals surface area contributed by atoms with E-state index in [0.717, 1.165) is 12.5 Å². The second-order valence-corrected chi connectivity index (χ2v) is 4.51. The molecule has 0 saturated carbocycles. The van der Waals surface area contributed by atoms with Crippen LogP contribution in [0.3, 0.4) is 0 Å². The molecule has 2 rings (SSSR count). The maximum Gasteiger partial charge on any atom is 0.0177 e. The second kappa shape index (κ2) is 4.18. The molecule has 0 spiro atoms. The van der Waals surface area contributed by atoms with E-state index in [4.69, 9.17) is 0 Å². The number of rotatable bonds is 1. The third kappa shape index (κ3) is 2.18. The van der Waals surface area contributed by atoms with E-state index in [1.165, 1.54) is 25.9 Å². The molecule has 0 aromatic rings. The van der Waals surface area contributed by atoms with Gasteiger partial charge in [0.1, 0.15) is 0 Å². The smallest absolute Gasteiger partial charge is 0.0177 e. The minimum absolute atomic E-state index is 0.722. The standard InChI is InChI=1S/C12H20N2/c1-13-7-3-11(4-8-13)12-5-9-14(2)10-6-12/h3,5,7,11H,4,6,8-10H2,1-2H3. The highest BCUT2D eigenvalue weighted by molar-refractivity contribution is 5.17. The molecule has 0 aromatic heterocycles. The van der Waals surface area contributed by atoms with Crippen LogP contribution in [0.25, 0.3) is 0 Å². The van der Waals surface area contributed by atoms with Crippen molar-refractivity contribution >= 4 is 0 Å². The maximum absolute atomic E-state index is 2.42. The van der Waals surface area contributed by atoms with Crippen molar-refractivity contribution in [3.05, 3.63) is 23.9 Å². The Morgan fingerprint density at radius 2 is 2.14 bits per heavy atom. The van der Waals surface area contributed by atoms with Crippen molar-refractivity contribution in [1.82, 2.24) is 9.80 Å². The molecule has 0 N–H and O–H groups in total. The van der Waals surface area contributed by atoms with Crippen molar-refractivity contribution in [3.63, 3.8) is 0 Å². The van der Waals surface area contributed by atoms with Crippen molar-refractivity contribution in [2.75, 3.05) is 33.7 Å². The van der Waals surface area contributed by atoms with Crippen molar-refractivity contribution in [2.45, 2.75) is 12.8 Å². The predicted molar refractivity (Wildman–Crippen MR) is 60.1 cm³/mol. The van der Waals surface area contributed by atoms with Crippen LogP contribution in [0, 0.1) is 5.92 Å². The molecule has 0 aromatic carbocycles. The van der Waals surface area contributed by atoms with Crippen molar-refractivity contribution in [1.29, 1.82) is 0 Å². The number of hydrogen-bond donors (Lipinski definition) is 0. The minimum atomic E-state index is 0.722. The molecule has 2 aliphatic heterocycles. The van der Waals surface area contributed by atoms with Crippen molar-refractivity contribution in [3.8, 4) is 0 Å². The van der Waals surface area contributed by atoms with Crippen LogP contribution in [-0.4, -0.2) is 43.5 Å². The highest BCUT2D eigenvalue weighted by Gasteiger charge is 2.17. The van der Waals surface area contributed by atoms with Gasteiger partial charge in [0.2, 0.25) is 0 Å². The zero-order chi connectivity index (χ0) is 9.97. The SMILES string of the molecule is CN1C=CC(C2=CCN(C)CC2)CC1. The molecule has 0 fully saturated rings. The van der Waals surface area contributed by atoms with Crippen LogP contribution in [0.4, 0.5) is 0 Å². The van der Waals surface area contributed by atoms with Gasteiger partial charge in [-0.15, -0.1) is 0 Å². The van der Waals surface area contributed by atoms with Gasteiger partial charge in [-0.2, -0.15) is 0 Å². The first kappa shape index (κ1) is 9.78. The van der Waals surface area contributed by atoms with Crippen LogP contribution >= 0.6 is 0 Å². The lowest BCUT2D eigenvalue weighted by atomic mass is 9.89. The Morgan fingerprint density at radius 3 is 2.71 bits per heavy atom. The molecule has 0 bridgehead atoms. The number of nitrogens with zero attached hydrogens (tertiary/aromatic N) is 2. The van der Waals surface area contributed by atoms with Gasteiger partial charge in [-0.3, -0.25) is 0 Å². The van der Waals surface area contributed by atoms with Crippen molar-refractivity contribution < 1.29 is 0 Å². The molecular formula is C12H20N2. The summed E-state index contributed by atoms with van der Waals surface area (Å²) in [4.78, 5) is 4.65. The number of allylic oxidation sites excluding steroid dienone is 1. The summed E-state index contributed by atoms with van der Waals surface area (Å²) in [6.07, 6.45) is 9.57. The summed E-state index contributed by atoms with van der Waals surface area (Å²) in [5, 5.41) is 0. The van der Waals surface area contributed by atoms with E-state index in [9.17, 15) is 0 Å². The second-order valence-electron chi connectivity index (χ2n) is 4.51. The molecule has 2 nitrogen and oxygen atoms in total. The Labute approximate surface area is 86.9 Å². The fourth-order valence-electron chi connectivity index (χ4n) is 2.20. The van der Waals surface area contributed by atoms with Crippen molar-refractivity contribution in [2.24, 2.45) is 5.92 Å².